The van der Waals surface area contributed by atoms with Crippen LogP contribution in [0.15, 0.2) is 59.6 Å². The Kier molecular flexibility index (Phi) is 8.47. The van der Waals surface area contributed by atoms with E-state index in [0.717, 1.165) is 11.6 Å². The summed E-state index contributed by atoms with van der Waals surface area (Å²) in [6.45, 7) is 5.48. The molecule has 14 heteroatoms. The second-order valence-electron chi connectivity index (χ2n) is 9.32. The first-order valence-corrected chi connectivity index (χ1v) is 11.6. The number of hydrogen-bond donors (Lipinski definition) is 2. The van der Waals surface area contributed by atoms with Crippen LogP contribution in [0.1, 0.15) is 26.5 Å². The van der Waals surface area contributed by atoms with E-state index in [2.05, 4.69) is 15.0 Å². The molecule has 0 fully saturated rings. The number of rotatable bonds is 6. The normalized spacial score (nSPS) is 12.8. The molecule has 0 atom stereocenters. The number of fused-ring (bicyclic) bond motifs is 1. The van der Waals surface area contributed by atoms with Crippen LogP contribution in [0.2, 0.25) is 0 Å². The largest absolute Gasteiger partial charge is 0.444 e. The number of nitrogens with zero attached hydrogens (tertiary/aromatic N) is 5. The van der Waals surface area contributed by atoms with Gasteiger partial charge in [-0.05, 0) is 45.0 Å². The van der Waals surface area contributed by atoms with Crippen molar-refractivity contribution in [1.82, 2.24) is 24.8 Å². The van der Waals surface area contributed by atoms with Gasteiger partial charge >= 0.3 is 18.3 Å². The summed E-state index contributed by atoms with van der Waals surface area (Å²) in [4.78, 5) is 37.9. The van der Waals surface area contributed by atoms with Crippen LogP contribution in [0, 0.1) is 0 Å². The van der Waals surface area contributed by atoms with Crippen LogP contribution in [-0.4, -0.2) is 63.3 Å². The van der Waals surface area contributed by atoms with E-state index in [4.69, 9.17) is 15.2 Å². The molecule has 0 spiro atoms. The molecule has 0 aliphatic heterocycles. The number of hydrogen-bond acceptors (Lipinski definition) is 7. The lowest BCUT2D eigenvalue weighted by atomic mass is 10.2. The quantitative estimate of drug-likeness (QED) is 0.338. The van der Waals surface area contributed by atoms with Gasteiger partial charge in [-0.15, -0.1) is 0 Å². The first kappa shape index (κ1) is 28.9. The Bertz CT molecular complexity index is 1430. The molecule has 0 aliphatic carbocycles. The van der Waals surface area contributed by atoms with Crippen LogP contribution in [0.3, 0.4) is 0 Å². The van der Waals surface area contributed by atoms with Crippen LogP contribution in [0.5, 0.6) is 11.6 Å². The third-order valence-electron chi connectivity index (χ3n) is 4.98. The Morgan fingerprint density at radius 2 is 1.90 bits per heavy atom. The predicted molar refractivity (Wildman–Crippen MR) is 137 cm³/mol. The molecule has 0 bridgehead atoms. The number of nitrogens with one attached hydrogen (secondary N) is 1. The summed E-state index contributed by atoms with van der Waals surface area (Å²) in [7, 11) is 2.67. The van der Waals surface area contributed by atoms with Gasteiger partial charge in [0.2, 0.25) is 5.88 Å². The zero-order valence-corrected chi connectivity index (χ0v) is 21.9. The summed E-state index contributed by atoms with van der Waals surface area (Å²) < 4.78 is 51.0. The van der Waals surface area contributed by atoms with Crippen molar-refractivity contribution < 1.29 is 32.2 Å². The van der Waals surface area contributed by atoms with E-state index in [0.29, 0.717) is 28.4 Å². The van der Waals surface area contributed by atoms with Crippen LogP contribution in [0.25, 0.3) is 10.9 Å². The second-order valence-corrected chi connectivity index (χ2v) is 9.32. The molecular formula is C25H28F3N7O4. The number of nitrogens with two attached hydrogens (primary N) is 1. The number of carbonyl (C=O) groups is 2. The Labute approximate surface area is 222 Å². The van der Waals surface area contributed by atoms with E-state index in [9.17, 15) is 22.8 Å². The molecule has 2 heterocycles. The fourth-order valence-electron chi connectivity index (χ4n) is 3.28. The summed E-state index contributed by atoms with van der Waals surface area (Å²) in [5.41, 5.74) is 4.71. The fourth-order valence-corrected chi connectivity index (χ4v) is 3.28. The maximum Gasteiger partial charge on any atom is 0.431 e. The second kappa shape index (κ2) is 11.4. The molecule has 0 radical (unpaired) electrons. The van der Waals surface area contributed by atoms with Crippen LogP contribution in [0.4, 0.5) is 22.8 Å². The fraction of sp³-hybridized carbons (Fsp3) is 0.320. The lowest BCUT2D eigenvalue weighted by Crippen LogP contribution is -2.34. The van der Waals surface area contributed by atoms with Crippen molar-refractivity contribution in [3.05, 3.63) is 60.3 Å². The molecule has 1 aromatic carbocycles. The maximum absolute atomic E-state index is 12.9. The van der Waals surface area contributed by atoms with Crippen LogP contribution >= 0.6 is 0 Å². The minimum atomic E-state index is -4.67. The summed E-state index contributed by atoms with van der Waals surface area (Å²) >= 11 is 0. The molecule has 0 saturated heterocycles. The molecule has 208 valence electrons. The molecule has 3 rings (SSSR count). The third-order valence-corrected chi connectivity index (χ3v) is 4.98. The van der Waals surface area contributed by atoms with E-state index >= 15 is 0 Å². The van der Waals surface area contributed by atoms with E-state index < -0.39 is 35.4 Å². The van der Waals surface area contributed by atoms with Crippen molar-refractivity contribution >= 4 is 28.9 Å². The van der Waals surface area contributed by atoms with Gasteiger partial charge in [0.15, 0.2) is 0 Å². The number of alkyl halides is 3. The summed E-state index contributed by atoms with van der Waals surface area (Å²) in [5, 5.41) is 2.57. The number of amidine groups is 1. The smallest absolute Gasteiger partial charge is 0.431 e. The number of ether oxygens (including phenoxy) is 2. The van der Waals surface area contributed by atoms with Crippen molar-refractivity contribution in [2.75, 3.05) is 14.1 Å². The van der Waals surface area contributed by atoms with E-state index in [1.807, 2.05) is 5.32 Å². The van der Waals surface area contributed by atoms with Crippen LogP contribution in [-0.2, 0) is 11.3 Å². The standard InChI is InChI=1S/C25H28F3N7O4/c1-24(2,3)39-23(37)34(5)13-16-11-21(32-14-31-16)38-17-6-7-18-15(10-17)8-9-35(18)22(36)33-20(29)12-19(30-4)25(26,27)28/h6-12,14,30H,13H2,1-5H3,(H2,29,33,36)/b19-12-. The van der Waals surface area contributed by atoms with Crippen molar-refractivity contribution in [1.29, 1.82) is 0 Å². The number of benzene rings is 1. The molecule has 0 saturated carbocycles. The monoisotopic (exact) mass is 547 g/mol. The van der Waals surface area contributed by atoms with Gasteiger partial charge in [-0.1, -0.05) is 0 Å². The molecule has 11 nitrogen and oxygen atoms in total. The molecule has 0 aliphatic rings. The topological polar surface area (TPSA) is 137 Å². The number of aliphatic imine (C=N–C) groups is 1. The highest BCUT2D eigenvalue weighted by atomic mass is 19.4. The average molecular weight is 548 g/mol. The number of amides is 2. The Hall–Kier alpha value is -4.62. The highest BCUT2D eigenvalue weighted by molar-refractivity contribution is 6.03. The van der Waals surface area contributed by atoms with Gasteiger partial charge < -0.3 is 25.4 Å². The number of aromatic nitrogens is 3. The average Bonchev–Trinajstić information content (AvgIpc) is 3.24. The highest BCUT2D eigenvalue weighted by Crippen LogP contribution is 2.26. The van der Waals surface area contributed by atoms with Crippen molar-refractivity contribution in [2.24, 2.45) is 10.7 Å². The molecule has 0 unspecified atom stereocenters. The predicted octanol–water partition coefficient (Wildman–Crippen LogP) is 4.58. The van der Waals surface area contributed by atoms with Gasteiger partial charge in [-0.2, -0.15) is 18.2 Å². The number of carbonyl (C=O) groups excluding carboxylic acids is 2. The molecule has 2 amide bonds. The number of halogens is 3. The summed E-state index contributed by atoms with van der Waals surface area (Å²) in [6, 6.07) is 7.11. The SMILES string of the molecule is CN/C(=C\C(N)=N/C(=O)n1ccc2cc(Oc3cc(CN(C)C(=O)OC(C)(C)C)ncn3)ccc21)C(F)(F)F. The summed E-state index contributed by atoms with van der Waals surface area (Å²) in [6.07, 6.45) is -1.92. The molecule has 3 aromatic rings. The lowest BCUT2D eigenvalue weighted by molar-refractivity contribution is -0.0959. The first-order valence-electron chi connectivity index (χ1n) is 11.6. The van der Waals surface area contributed by atoms with Crippen molar-refractivity contribution in [3.63, 3.8) is 0 Å². The van der Waals surface area contributed by atoms with Crippen LogP contribution < -0.4 is 15.8 Å². The van der Waals surface area contributed by atoms with E-state index in [1.54, 1.807) is 58.2 Å². The van der Waals surface area contributed by atoms with Gasteiger partial charge in [0.25, 0.3) is 0 Å². The molecule has 2 aromatic heterocycles. The number of allylic oxidation sites excluding steroid dienone is 1. The van der Waals surface area contributed by atoms with Gasteiger partial charge in [0.1, 0.15) is 29.2 Å². The molecular weight excluding hydrogens is 519 g/mol. The first-order chi connectivity index (χ1) is 18.2. The Morgan fingerprint density at radius 3 is 2.54 bits per heavy atom. The minimum Gasteiger partial charge on any atom is -0.444 e. The Balaban J connectivity index is 1.74. The van der Waals surface area contributed by atoms with Gasteiger partial charge in [0, 0.05) is 37.8 Å². The molecule has 3 N–H and O–H groups in total. The third kappa shape index (κ3) is 7.93. The summed E-state index contributed by atoms with van der Waals surface area (Å²) in [5.74, 6) is 0.00889. The zero-order chi connectivity index (χ0) is 29.0. The zero-order valence-electron chi connectivity index (χ0n) is 21.9. The van der Waals surface area contributed by atoms with Crippen molar-refractivity contribution in [3.8, 4) is 11.6 Å². The van der Waals surface area contributed by atoms with Crippen molar-refractivity contribution in [2.45, 2.75) is 39.1 Å². The minimum absolute atomic E-state index is 0.162. The van der Waals surface area contributed by atoms with E-state index in [1.165, 1.54) is 17.4 Å². The van der Waals surface area contributed by atoms with Gasteiger partial charge in [-0.25, -0.2) is 19.6 Å². The molecule has 39 heavy (non-hydrogen) atoms. The van der Waals surface area contributed by atoms with Gasteiger partial charge in [0.05, 0.1) is 17.8 Å². The van der Waals surface area contributed by atoms with Gasteiger partial charge in [-0.3, -0.25) is 4.57 Å². The highest BCUT2D eigenvalue weighted by Gasteiger charge is 2.33. The van der Waals surface area contributed by atoms with E-state index in [-0.39, 0.29) is 12.4 Å². The maximum atomic E-state index is 12.9. The lowest BCUT2D eigenvalue weighted by Gasteiger charge is -2.24. The Morgan fingerprint density at radius 1 is 1.18 bits per heavy atom.